The zero-order valence-electron chi connectivity index (χ0n) is 8.59. The quantitative estimate of drug-likeness (QED) is 0.604. The van der Waals surface area contributed by atoms with Crippen LogP contribution in [0.2, 0.25) is 0 Å². The number of hydrogen-bond acceptors (Lipinski definition) is 3. The van der Waals surface area contributed by atoms with Gasteiger partial charge in [0.05, 0.1) is 17.7 Å². The molecule has 5 heteroatoms. The maximum absolute atomic E-state index is 13.2. The lowest BCUT2D eigenvalue weighted by Crippen LogP contribution is -2.09. The molecule has 0 unspecified atom stereocenters. The van der Waals surface area contributed by atoms with Crippen LogP contribution in [0.25, 0.3) is 0 Å². The van der Waals surface area contributed by atoms with Crippen LogP contribution in [0.15, 0.2) is 12.1 Å². The van der Waals surface area contributed by atoms with Crippen LogP contribution in [0.3, 0.4) is 0 Å². The standard InChI is InChI=1S/C11H9ClFNO2/c1-2-16-11(15)9-3-8(6-14)10(13)4-7(9)5-12/h3-4H,2,5H2,1H3. The van der Waals surface area contributed by atoms with Gasteiger partial charge in [-0.25, -0.2) is 9.18 Å². The van der Waals surface area contributed by atoms with E-state index in [4.69, 9.17) is 21.6 Å². The van der Waals surface area contributed by atoms with Crippen LogP contribution in [0.5, 0.6) is 0 Å². The predicted molar refractivity (Wildman–Crippen MR) is 56.6 cm³/mol. The molecule has 0 atom stereocenters. The second kappa shape index (κ2) is 5.47. The van der Waals surface area contributed by atoms with E-state index < -0.39 is 11.8 Å². The minimum absolute atomic E-state index is 0.0171. The number of halogens is 2. The molecule has 0 aromatic heterocycles. The number of hydrogen-bond donors (Lipinski definition) is 0. The van der Waals surface area contributed by atoms with Crippen molar-refractivity contribution in [3.63, 3.8) is 0 Å². The van der Waals surface area contributed by atoms with E-state index in [-0.39, 0.29) is 23.6 Å². The van der Waals surface area contributed by atoms with Crippen LogP contribution in [-0.4, -0.2) is 12.6 Å². The summed E-state index contributed by atoms with van der Waals surface area (Å²) in [7, 11) is 0. The molecule has 0 aliphatic rings. The molecule has 16 heavy (non-hydrogen) atoms. The van der Waals surface area contributed by atoms with Gasteiger partial charge >= 0.3 is 5.97 Å². The highest BCUT2D eigenvalue weighted by molar-refractivity contribution is 6.17. The van der Waals surface area contributed by atoms with Gasteiger partial charge in [0.25, 0.3) is 0 Å². The third-order valence-corrected chi connectivity index (χ3v) is 2.24. The lowest BCUT2D eigenvalue weighted by molar-refractivity contribution is 0.0525. The Morgan fingerprint density at radius 1 is 1.62 bits per heavy atom. The molecule has 0 radical (unpaired) electrons. The Labute approximate surface area is 97.4 Å². The number of nitriles is 1. The Morgan fingerprint density at radius 3 is 2.81 bits per heavy atom. The van der Waals surface area contributed by atoms with Crippen molar-refractivity contribution >= 4 is 17.6 Å². The number of nitrogens with zero attached hydrogens (tertiary/aromatic N) is 1. The molecule has 0 fully saturated rings. The van der Waals surface area contributed by atoms with Crippen LogP contribution in [-0.2, 0) is 10.6 Å². The first kappa shape index (κ1) is 12.5. The monoisotopic (exact) mass is 241 g/mol. The van der Waals surface area contributed by atoms with Crippen LogP contribution >= 0.6 is 11.6 Å². The van der Waals surface area contributed by atoms with Gasteiger partial charge in [-0.15, -0.1) is 11.6 Å². The summed E-state index contributed by atoms with van der Waals surface area (Å²) in [6.45, 7) is 1.87. The van der Waals surface area contributed by atoms with Crippen molar-refractivity contribution in [2.24, 2.45) is 0 Å². The number of rotatable bonds is 3. The minimum atomic E-state index is -0.689. The number of alkyl halides is 1. The normalized spacial score (nSPS) is 9.62. The fourth-order valence-corrected chi connectivity index (χ4v) is 1.43. The highest BCUT2D eigenvalue weighted by Gasteiger charge is 2.16. The second-order valence-electron chi connectivity index (χ2n) is 2.96. The molecule has 1 aromatic rings. The molecule has 0 heterocycles. The van der Waals surface area contributed by atoms with Crippen molar-refractivity contribution in [1.82, 2.24) is 0 Å². The van der Waals surface area contributed by atoms with Gasteiger partial charge in [-0.1, -0.05) is 0 Å². The van der Waals surface area contributed by atoms with Crippen molar-refractivity contribution in [3.8, 4) is 6.07 Å². The Kier molecular flexibility index (Phi) is 4.27. The zero-order chi connectivity index (χ0) is 12.1. The summed E-state index contributed by atoms with van der Waals surface area (Å²) in [5.41, 5.74) is 0.253. The van der Waals surface area contributed by atoms with Gasteiger partial charge in [0, 0.05) is 5.88 Å². The molecule has 0 saturated heterocycles. The fourth-order valence-electron chi connectivity index (χ4n) is 1.21. The van der Waals surface area contributed by atoms with Crippen molar-refractivity contribution < 1.29 is 13.9 Å². The van der Waals surface area contributed by atoms with Crippen molar-refractivity contribution in [2.75, 3.05) is 6.61 Å². The lowest BCUT2D eigenvalue weighted by atomic mass is 10.0. The molecule has 0 N–H and O–H groups in total. The number of carbonyl (C=O) groups excluding carboxylic acids is 1. The fraction of sp³-hybridized carbons (Fsp3) is 0.273. The second-order valence-corrected chi connectivity index (χ2v) is 3.22. The molecule has 0 amide bonds. The van der Waals surface area contributed by atoms with Crippen molar-refractivity contribution in [3.05, 3.63) is 34.6 Å². The molecule has 0 bridgehead atoms. The number of ether oxygens (including phenoxy) is 1. The average molecular weight is 242 g/mol. The van der Waals surface area contributed by atoms with Gasteiger partial charge < -0.3 is 4.74 Å². The van der Waals surface area contributed by atoms with Gasteiger partial charge in [0.1, 0.15) is 11.9 Å². The van der Waals surface area contributed by atoms with E-state index in [1.54, 1.807) is 13.0 Å². The molecular weight excluding hydrogens is 233 g/mol. The van der Waals surface area contributed by atoms with Crippen LogP contribution < -0.4 is 0 Å². The smallest absolute Gasteiger partial charge is 0.338 e. The summed E-state index contributed by atoms with van der Waals surface area (Å²) >= 11 is 5.59. The minimum Gasteiger partial charge on any atom is -0.462 e. The summed E-state index contributed by atoms with van der Waals surface area (Å²) in [6, 6.07) is 3.90. The maximum atomic E-state index is 13.2. The van der Waals surface area contributed by atoms with Crippen molar-refractivity contribution in [1.29, 1.82) is 5.26 Å². The number of benzene rings is 1. The summed E-state index contributed by atoms with van der Waals surface area (Å²) in [6.07, 6.45) is 0. The van der Waals surface area contributed by atoms with Gasteiger partial charge in [-0.2, -0.15) is 5.26 Å². The Morgan fingerprint density at radius 2 is 2.31 bits per heavy atom. The summed E-state index contributed by atoms with van der Waals surface area (Å²) < 4.78 is 18.0. The summed E-state index contributed by atoms with van der Waals surface area (Å²) in [5, 5.41) is 8.64. The average Bonchev–Trinajstić information content (AvgIpc) is 2.28. The zero-order valence-corrected chi connectivity index (χ0v) is 9.34. The first-order chi connectivity index (χ1) is 7.63. The van der Waals surface area contributed by atoms with E-state index in [2.05, 4.69) is 0 Å². The van der Waals surface area contributed by atoms with E-state index in [0.29, 0.717) is 5.56 Å². The molecule has 0 aliphatic heterocycles. The molecule has 1 rings (SSSR count). The van der Waals surface area contributed by atoms with E-state index >= 15 is 0 Å². The van der Waals surface area contributed by atoms with Crippen LogP contribution in [0.1, 0.15) is 28.4 Å². The number of carbonyl (C=O) groups is 1. The molecule has 1 aromatic carbocycles. The van der Waals surface area contributed by atoms with Crippen molar-refractivity contribution in [2.45, 2.75) is 12.8 Å². The Bertz CT molecular complexity index is 454. The topological polar surface area (TPSA) is 50.1 Å². The highest BCUT2D eigenvalue weighted by Crippen LogP contribution is 2.18. The third-order valence-electron chi connectivity index (χ3n) is 1.95. The van der Waals surface area contributed by atoms with Gasteiger partial charge in [-0.3, -0.25) is 0 Å². The largest absolute Gasteiger partial charge is 0.462 e. The molecule has 0 aliphatic carbocycles. The Balaban J connectivity index is 3.26. The first-order valence-corrected chi connectivity index (χ1v) is 5.13. The Hall–Kier alpha value is -1.60. The summed E-state index contributed by atoms with van der Waals surface area (Å²) in [4.78, 5) is 11.5. The molecule has 0 saturated carbocycles. The molecule has 3 nitrogen and oxygen atoms in total. The first-order valence-electron chi connectivity index (χ1n) is 4.59. The van der Waals surface area contributed by atoms with E-state index in [9.17, 15) is 9.18 Å². The third kappa shape index (κ3) is 2.50. The maximum Gasteiger partial charge on any atom is 0.338 e. The van der Waals surface area contributed by atoms with E-state index in [1.807, 2.05) is 0 Å². The van der Waals surface area contributed by atoms with Gasteiger partial charge in [0.15, 0.2) is 0 Å². The van der Waals surface area contributed by atoms with E-state index in [1.165, 1.54) is 0 Å². The van der Waals surface area contributed by atoms with Crippen LogP contribution in [0, 0.1) is 17.1 Å². The SMILES string of the molecule is CCOC(=O)c1cc(C#N)c(F)cc1CCl. The molecule has 84 valence electrons. The van der Waals surface area contributed by atoms with Gasteiger partial charge in [0.2, 0.25) is 0 Å². The lowest BCUT2D eigenvalue weighted by Gasteiger charge is -2.07. The van der Waals surface area contributed by atoms with Gasteiger partial charge in [-0.05, 0) is 24.6 Å². The predicted octanol–water partition coefficient (Wildman–Crippen LogP) is 2.61. The highest BCUT2D eigenvalue weighted by atomic mass is 35.5. The van der Waals surface area contributed by atoms with E-state index in [0.717, 1.165) is 12.1 Å². The summed E-state index contributed by atoms with van der Waals surface area (Å²) in [5.74, 6) is -1.31. The molecular formula is C11H9ClFNO2. The van der Waals surface area contributed by atoms with Crippen LogP contribution in [0.4, 0.5) is 4.39 Å². The molecule has 0 spiro atoms. The number of esters is 1.